The van der Waals surface area contributed by atoms with Crippen molar-refractivity contribution in [3.8, 4) is 5.75 Å². The van der Waals surface area contributed by atoms with Crippen molar-refractivity contribution in [2.24, 2.45) is 5.18 Å². The van der Waals surface area contributed by atoms with Crippen LogP contribution in [0.25, 0.3) is 10.8 Å². The van der Waals surface area contributed by atoms with Gasteiger partial charge in [-0.2, -0.15) is 4.91 Å². The molecule has 0 amide bonds. The summed E-state index contributed by atoms with van der Waals surface area (Å²) in [6.45, 7) is 4.15. The molecule has 0 unspecified atom stereocenters. The number of ether oxygens (including phenoxy) is 1. The van der Waals surface area contributed by atoms with Gasteiger partial charge < -0.3 is 4.74 Å². The summed E-state index contributed by atoms with van der Waals surface area (Å²) in [5.41, 5.74) is 0.806. The lowest BCUT2D eigenvalue weighted by molar-refractivity contribution is 0.360. The average Bonchev–Trinajstić information content (AvgIpc) is 2.36. The zero-order valence-corrected chi connectivity index (χ0v) is 9.43. The Morgan fingerprint density at radius 2 is 1.94 bits per heavy atom. The number of hydrogen-bond acceptors (Lipinski definition) is 3. The molecule has 2 aromatic carbocycles. The minimum atomic E-state index is 0.122. The quantitative estimate of drug-likeness (QED) is 0.577. The summed E-state index contributed by atoms with van der Waals surface area (Å²) in [5.74, 6) is 0.697. The van der Waals surface area contributed by atoms with E-state index in [-0.39, 0.29) is 6.54 Å². The van der Waals surface area contributed by atoms with Gasteiger partial charge in [-0.05, 0) is 22.9 Å². The summed E-state index contributed by atoms with van der Waals surface area (Å²) in [7, 11) is 0. The molecule has 0 heterocycles. The van der Waals surface area contributed by atoms with Crippen LogP contribution >= 0.6 is 0 Å². The molecule has 2 rings (SSSR count). The van der Waals surface area contributed by atoms with Crippen LogP contribution in [0.1, 0.15) is 5.56 Å². The fourth-order valence-corrected chi connectivity index (χ4v) is 1.74. The highest BCUT2D eigenvalue weighted by molar-refractivity contribution is 5.85. The number of rotatable bonds is 5. The number of fused-ring (bicyclic) bond motifs is 1. The van der Waals surface area contributed by atoms with Crippen molar-refractivity contribution in [2.75, 3.05) is 6.61 Å². The van der Waals surface area contributed by atoms with E-state index < -0.39 is 0 Å². The molecule has 86 valence electrons. The van der Waals surface area contributed by atoms with Gasteiger partial charge in [-0.1, -0.05) is 42.1 Å². The molecule has 0 aliphatic heterocycles. The third kappa shape index (κ3) is 2.50. The lowest BCUT2D eigenvalue weighted by Crippen LogP contribution is -1.97. The van der Waals surface area contributed by atoms with E-state index in [9.17, 15) is 4.91 Å². The number of benzene rings is 2. The molecule has 0 radical (unpaired) electrons. The van der Waals surface area contributed by atoms with Gasteiger partial charge in [-0.3, -0.25) is 0 Å². The molecule has 0 atom stereocenters. The van der Waals surface area contributed by atoms with E-state index in [0.29, 0.717) is 12.4 Å². The SMILES string of the molecule is C=CCOc1cc2ccccc2cc1CN=O. The number of hydrogen-bond donors (Lipinski definition) is 0. The molecule has 3 nitrogen and oxygen atoms in total. The molecule has 0 aliphatic rings. The fraction of sp³-hybridized carbons (Fsp3) is 0.143. The normalized spacial score (nSPS) is 10.1. The van der Waals surface area contributed by atoms with Gasteiger partial charge in [0.15, 0.2) is 0 Å². The molecule has 0 saturated heterocycles. The highest BCUT2D eigenvalue weighted by Crippen LogP contribution is 2.26. The molecule has 0 aromatic heterocycles. The zero-order valence-electron chi connectivity index (χ0n) is 9.43. The van der Waals surface area contributed by atoms with Crippen LogP contribution in [-0.2, 0) is 6.54 Å². The molecule has 0 saturated carbocycles. The van der Waals surface area contributed by atoms with Crippen LogP contribution in [0.2, 0.25) is 0 Å². The Hall–Kier alpha value is -2.16. The van der Waals surface area contributed by atoms with E-state index in [1.54, 1.807) is 6.08 Å². The van der Waals surface area contributed by atoms with Crippen LogP contribution in [-0.4, -0.2) is 6.61 Å². The molecule has 0 bridgehead atoms. The van der Waals surface area contributed by atoms with Crippen LogP contribution in [0, 0.1) is 4.91 Å². The Kier molecular flexibility index (Phi) is 3.50. The Bertz CT molecular complexity index is 549. The summed E-state index contributed by atoms with van der Waals surface area (Å²) in [6.07, 6.45) is 1.67. The van der Waals surface area contributed by atoms with Gasteiger partial charge >= 0.3 is 0 Å². The van der Waals surface area contributed by atoms with Gasteiger partial charge in [0.2, 0.25) is 0 Å². The topological polar surface area (TPSA) is 38.7 Å². The van der Waals surface area contributed by atoms with Gasteiger partial charge in [0.05, 0.1) is 0 Å². The zero-order chi connectivity index (χ0) is 12.1. The van der Waals surface area contributed by atoms with E-state index in [4.69, 9.17) is 4.74 Å². The molecule has 0 fully saturated rings. The van der Waals surface area contributed by atoms with Crippen LogP contribution < -0.4 is 4.74 Å². The first-order valence-corrected chi connectivity index (χ1v) is 5.39. The minimum Gasteiger partial charge on any atom is -0.489 e. The van der Waals surface area contributed by atoms with Crippen LogP contribution in [0.5, 0.6) is 5.75 Å². The Morgan fingerprint density at radius 3 is 2.59 bits per heavy atom. The molecule has 0 aliphatic carbocycles. The van der Waals surface area contributed by atoms with Gasteiger partial charge in [-0.15, -0.1) is 0 Å². The maximum absolute atomic E-state index is 10.4. The van der Waals surface area contributed by atoms with Gasteiger partial charge in [0.1, 0.15) is 18.9 Å². The smallest absolute Gasteiger partial charge is 0.125 e. The summed E-state index contributed by atoms with van der Waals surface area (Å²) >= 11 is 0. The van der Waals surface area contributed by atoms with E-state index in [0.717, 1.165) is 16.3 Å². The van der Waals surface area contributed by atoms with Crippen LogP contribution in [0.3, 0.4) is 0 Å². The monoisotopic (exact) mass is 227 g/mol. The minimum absolute atomic E-state index is 0.122. The molecular formula is C14H13NO2. The second kappa shape index (κ2) is 5.25. The summed E-state index contributed by atoms with van der Waals surface area (Å²) in [5, 5.41) is 5.09. The Balaban J connectivity index is 2.49. The van der Waals surface area contributed by atoms with E-state index >= 15 is 0 Å². The van der Waals surface area contributed by atoms with Crippen molar-refractivity contribution in [2.45, 2.75) is 6.54 Å². The third-order valence-corrected chi connectivity index (χ3v) is 2.52. The predicted molar refractivity (Wildman–Crippen MR) is 69.1 cm³/mol. The van der Waals surface area contributed by atoms with Crippen molar-refractivity contribution in [3.05, 3.63) is 59.5 Å². The Morgan fingerprint density at radius 1 is 1.24 bits per heavy atom. The van der Waals surface area contributed by atoms with E-state index in [1.807, 2.05) is 36.4 Å². The molecule has 0 N–H and O–H groups in total. The summed E-state index contributed by atoms with van der Waals surface area (Å²) in [6, 6.07) is 11.8. The molecule has 3 heteroatoms. The van der Waals surface area contributed by atoms with E-state index in [2.05, 4.69) is 11.8 Å². The largest absolute Gasteiger partial charge is 0.489 e. The highest BCUT2D eigenvalue weighted by atomic mass is 16.5. The fourth-order valence-electron chi connectivity index (χ4n) is 1.74. The second-order valence-electron chi connectivity index (χ2n) is 3.69. The molecule has 17 heavy (non-hydrogen) atoms. The maximum Gasteiger partial charge on any atom is 0.125 e. The second-order valence-corrected chi connectivity index (χ2v) is 3.69. The van der Waals surface area contributed by atoms with Crippen molar-refractivity contribution in [1.82, 2.24) is 0 Å². The van der Waals surface area contributed by atoms with Crippen molar-refractivity contribution in [3.63, 3.8) is 0 Å². The van der Waals surface area contributed by atoms with Crippen LogP contribution in [0.15, 0.2) is 54.2 Å². The average molecular weight is 227 g/mol. The summed E-state index contributed by atoms with van der Waals surface area (Å²) < 4.78 is 5.53. The number of nitrogens with zero attached hydrogens (tertiary/aromatic N) is 1. The first-order chi connectivity index (χ1) is 8.35. The third-order valence-electron chi connectivity index (χ3n) is 2.52. The summed E-state index contributed by atoms with van der Waals surface area (Å²) in [4.78, 5) is 10.4. The number of nitroso groups, excluding NO2 is 1. The van der Waals surface area contributed by atoms with Crippen LogP contribution in [0.4, 0.5) is 0 Å². The first-order valence-electron chi connectivity index (χ1n) is 5.39. The highest BCUT2D eigenvalue weighted by Gasteiger charge is 2.06. The van der Waals surface area contributed by atoms with Crippen molar-refractivity contribution in [1.29, 1.82) is 0 Å². The van der Waals surface area contributed by atoms with Gasteiger partial charge in [0.25, 0.3) is 0 Å². The molecule has 0 spiro atoms. The van der Waals surface area contributed by atoms with Crippen molar-refractivity contribution >= 4 is 10.8 Å². The lowest BCUT2D eigenvalue weighted by Gasteiger charge is -2.09. The lowest BCUT2D eigenvalue weighted by atomic mass is 10.1. The Labute approximate surface area is 99.7 Å². The molecule has 2 aromatic rings. The van der Waals surface area contributed by atoms with Crippen molar-refractivity contribution < 1.29 is 4.74 Å². The van der Waals surface area contributed by atoms with E-state index in [1.165, 1.54) is 0 Å². The van der Waals surface area contributed by atoms with Gasteiger partial charge in [0, 0.05) is 5.56 Å². The predicted octanol–water partition coefficient (Wildman–Crippen LogP) is 3.67. The standard InChI is InChI=1S/C14H13NO2/c1-2-7-17-14-9-12-6-4-3-5-11(12)8-13(14)10-15-16/h2-6,8-9H,1,7,10H2. The maximum atomic E-state index is 10.4. The first kappa shape index (κ1) is 11.3. The molecular weight excluding hydrogens is 214 g/mol. The van der Waals surface area contributed by atoms with Gasteiger partial charge in [-0.25, -0.2) is 0 Å².